The van der Waals surface area contributed by atoms with Crippen LogP contribution in [-0.2, 0) is 0 Å². The maximum absolute atomic E-state index is 2.47. The summed E-state index contributed by atoms with van der Waals surface area (Å²) < 4.78 is 0. The first kappa shape index (κ1) is 53.0. The molecule has 0 N–H and O–H groups in total. The second-order valence-electron chi connectivity index (χ2n) is 17.3. The van der Waals surface area contributed by atoms with Crippen LogP contribution in [0.1, 0.15) is 290 Å². The van der Waals surface area contributed by atoms with Gasteiger partial charge in [0, 0.05) is 0 Å². The fourth-order valence-electron chi connectivity index (χ4n) is 8.04. The van der Waals surface area contributed by atoms with E-state index in [0.29, 0.717) is 0 Å². The standard InChI is InChI=1S/C54H102/c1-4-7-10-13-16-19-22-25-28-31-34-37-40-43-46-49-52-54(51-48-45-42-39-36-33-30-27-24-21-18-15-12-9-6-3)53-50-47-44-41-38-35-32-29-26-23-20-17-14-11-8-5-2/h18,21,25-30,54H,4-17,19-20,22-24,31-53H2,1-3H3. The molecule has 0 fully saturated rings. The van der Waals surface area contributed by atoms with Crippen LogP contribution in [0, 0.1) is 5.92 Å². The lowest BCUT2D eigenvalue weighted by atomic mass is 9.89. The van der Waals surface area contributed by atoms with Gasteiger partial charge in [0.1, 0.15) is 0 Å². The minimum absolute atomic E-state index is 0.997. The van der Waals surface area contributed by atoms with E-state index in [1.54, 1.807) is 0 Å². The first-order valence-corrected chi connectivity index (χ1v) is 25.4. The summed E-state index contributed by atoms with van der Waals surface area (Å²) in [5, 5.41) is 0. The molecule has 0 aromatic rings. The lowest BCUT2D eigenvalue weighted by Crippen LogP contribution is -2.01. The highest BCUT2D eigenvalue weighted by atomic mass is 14.1. The fraction of sp³-hybridized carbons (Fsp3) is 0.852. The Kier molecular flexibility index (Phi) is 49.0. The zero-order valence-corrected chi connectivity index (χ0v) is 37.9. The van der Waals surface area contributed by atoms with Gasteiger partial charge in [-0.25, -0.2) is 0 Å². The first-order valence-electron chi connectivity index (χ1n) is 25.4. The van der Waals surface area contributed by atoms with E-state index in [0.717, 1.165) is 12.3 Å². The lowest BCUT2D eigenvalue weighted by molar-refractivity contribution is 0.365. The third-order valence-corrected chi connectivity index (χ3v) is 11.8. The Morgan fingerprint density at radius 1 is 0.222 bits per heavy atom. The van der Waals surface area contributed by atoms with Crippen LogP contribution in [0.2, 0.25) is 0 Å². The molecule has 0 bridgehead atoms. The second kappa shape index (κ2) is 50.0. The molecule has 318 valence electrons. The summed E-state index contributed by atoms with van der Waals surface area (Å²) in [4.78, 5) is 0. The van der Waals surface area contributed by atoms with Crippen molar-refractivity contribution in [3.8, 4) is 0 Å². The van der Waals surface area contributed by atoms with Crippen LogP contribution in [0.3, 0.4) is 0 Å². The van der Waals surface area contributed by atoms with Gasteiger partial charge in [0.05, 0.1) is 0 Å². The first-order chi connectivity index (χ1) is 26.8. The number of hydrogen-bond acceptors (Lipinski definition) is 0. The van der Waals surface area contributed by atoms with Crippen LogP contribution >= 0.6 is 0 Å². The highest BCUT2D eigenvalue weighted by molar-refractivity contribution is 4.92. The van der Waals surface area contributed by atoms with Gasteiger partial charge < -0.3 is 0 Å². The molecule has 0 saturated carbocycles. The van der Waals surface area contributed by atoms with Crippen molar-refractivity contribution in [1.29, 1.82) is 0 Å². The molecule has 0 aliphatic heterocycles. The third kappa shape index (κ3) is 47.1. The van der Waals surface area contributed by atoms with Crippen molar-refractivity contribution in [3.05, 3.63) is 48.6 Å². The van der Waals surface area contributed by atoms with Crippen molar-refractivity contribution in [2.75, 3.05) is 0 Å². The fourth-order valence-corrected chi connectivity index (χ4v) is 8.04. The van der Waals surface area contributed by atoms with Crippen LogP contribution in [0.15, 0.2) is 48.6 Å². The van der Waals surface area contributed by atoms with E-state index in [4.69, 9.17) is 0 Å². The van der Waals surface area contributed by atoms with Crippen molar-refractivity contribution in [2.45, 2.75) is 290 Å². The van der Waals surface area contributed by atoms with Gasteiger partial charge in [0.25, 0.3) is 0 Å². The molecule has 0 aliphatic carbocycles. The predicted molar refractivity (Wildman–Crippen MR) is 251 cm³/mol. The maximum atomic E-state index is 2.47. The van der Waals surface area contributed by atoms with Gasteiger partial charge in [0.15, 0.2) is 0 Å². The van der Waals surface area contributed by atoms with E-state index in [9.17, 15) is 0 Å². The van der Waals surface area contributed by atoms with Gasteiger partial charge in [-0.3, -0.25) is 0 Å². The van der Waals surface area contributed by atoms with E-state index in [1.807, 2.05) is 0 Å². The van der Waals surface area contributed by atoms with Crippen molar-refractivity contribution in [3.63, 3.8) is 0 Å². The Morgan fingerprint density at radius 3 is 0.722 bits per heavy atom. The SMILES string of the molecule is CCCCCC=CCC=CCCCCCCCC(CCCCCCCCC=CCCCCCCCC)CCCCCCCCC=CCCCCCCCC. The van der Waals surface area contributed by atoms with Crippen LogP contribution in [0.25, 0.3) is 0 Å². The minimum atomic E-state index is 0.997. The molecule has 0 amide bonds. The summed E-state index contributed by atoms with van der Waals surface area (Å²) in [7, 11) is 0. The Hall–Kier alpha value is -1.04. The monoisotopic (exact) mass is 751 g/mol. The molecule has 0 radical (unpaired) electrons. The van der Waals surface area contributed by atoms with E-state index < -0.39 is 0 Å². The van der Waals surface area contributed by atoms with Gasteiger partial charge in [-0.2, -0.15) is 0 Å². The van der Waals surface area contributed by atoms with Crippen LogP contribution in [0.4, 0.5) is 0 Å². The molecule has 0 aromatic heterocycles. The summed E-state index contributed by atoms with van der Waals surface area (Å²) in [5.74, 6) is 0.997. The van der Waals surface area contributed by atoms with Crippen LogP contribution in [-0.4, -0.2) is 0 Å². The molecule has 0 nitrogen and oxygen atoms in total. The number of hydrogen-bond donors (Lipinski definition) is 0. The Labute approximate surface area is 343 Å². The van der Waals surface area contributed by atoms with Gasteiger partial charge in [-0.1, -0.05) is 256 Å². The van der Waals surface area contributed by atoms with Crippen molar-refractivity contribution < 1.29 is 0 Å². The molecular formula is C54H102. The third-order valence-electron chi connectivity index (χ3n) is 11.8. The van der Waals surface area contributed by atoms with Gasteiger partial charge in [-0.15, -0.1) is 0 Å². The zero-order valence-electron chi connectivity index (χ0n) is 37.9. The highest BCUT2D eigenvalue weighted by Crippen LogP contribution is 2.25. The Balaban J connectivity index is 4.08. The van der Waals surface area contributed by atoms with E-state index in [-0.39, 0.29) is 0 Å². The van der Waals surface area contributed by atoms with Crippen molar-refractivity contribution in [1.82, 2.24) is 0 Å². The number of allylic oxidation sites excluding steroid dienone is 8. The molecule has 0 spiro atoms. The number of rotatable bonds is 46. The molecular weight excluding hydrogens is 649 g/mol. The molecule has 54 heavy (non-hydrogen) atoms. The molecule has 0 heterocycles. The quantitative estimate of drug-likeness (QED) is 0.0429. The summed E-state index contributed by atoms with van der Waals surface area (Å²) in [6.07, 6.45) is 78.4. The summed E-state index contributed by atoms with van der Waals surface area (Å²) >= 11 is 0. The predicted octanol–water partition coefficient (Wildman–Crippen LogP) is 20.3. The topological polar surface area (TPSA) is 0 Å². The summed E-state index contributed by atoms with van der Waals surface area (Å²) in [6.45, 7) is 6.90. The van der Waals surface area contributed by atoms with E-state index in [2.05, 4.69) is 69.4 Å². The average Bonchev–Trinajstić information content (AvgIpc) is 3.18. The number of unbranched alkanes of at least 4 members (excludes halogenated alkanes) is 32. The van der Waals surface area contributed by atoms with E-state index >= 15 is 0 Å². The molecule has 0 aromatic carbocycles. The lowest BCUT2D eigenvalue weighted by Gasteiger charge is -2.17. The summed E-state index contributed by atoms with van der Waals surface area (Å²) in [5.41, 5.74) is 0. The molecule has 0 unspecified atom stereocenters. The normalized spacial score (nSPS) is 12.9. The molecule has 0 saturated heterocycles. The maximum Gasteiger partial charge on any atom is -0.0169 e. The Bertz CT molecular complexity index is 725. The largest absolute Gasteiger partial charge is 0.0885 e. The zero-order chi connectivity index (χ0) is 38.9. The van der Waals surface area contributed by atoms with Crippen molar-refractivity contribution in [2.24, 2.45) is 5.92 Å². The average molecular weight is 751 g/mol. The smallest absolute Gasteiger partial charge is 0.0169 e. The van der Waals surface area contributed by atoms with Crippen molar-refractivity contribution >= 4 is 0 Å². The second-order valence-corrected chi connectivity index (χ2v) is 17.3. The van der Waals surface area contributed by atoms with Crippen LogP contribution in [0.5, 0.6) is 0 Å². The van der Waals surface area contributed by atoms with Gasteiger partial charge in [-0.05, 0) is 89.4 Å². The Morgan fingerprint density at radius 2 is 0.426 bits per heavy atom. The molecule has 0 rings (SSSR count). The van der Waals surface area contributed by atoms with Gasteiger partial charge >= 0.3 is 0 Å². The molecule has 0 aliphatic rings. The highest BCUT2D eigenvalue weighted by Gasteiger charge is 2.09. The molecule has 0 atom stereocenters. The van der Waals surface area contributed by atoms with Gasteiger partial charge in [0.2, 0.25) is 0 Å². The summed E-state index contributed by atoms with van der Waals surface area (Å²) in [6, 6.07) is 0. The molecule has 0 heteroatoms. The minimum Gasteiger partial charge on any atom is -0.0885 e. The van der Waals surface area contributed by atoms with Crippen LogP contribution < -0.4 is 0 Å². The van der Waals surface area contributed by atoms with E-state index in [1.165, 1.54) is 263 Å².